The summed E-state index contributed by atoms with van der Waals surface area (Å²) in [6.07, 6.45) is 8.95. The minimum Gasteiger partial charge on any atom is -0.277 e. The van der Waals surface area contributed by atoms with E-state index in [4.69, 9.17) is 17.0 Å². The van der Waals surface area contributed by atoms with Gasteiger partial charge in [-0.1, -0.05) is 80.9 Å². The van der Waals surface area contributed by atoms with Crippen molar-refractivity contribution >= 4 is 34.2 Å². The van der Waals surface area contributed by atoms with E-state index in [1.807, 2.05) is 29.3 Å². The number of amidine groups is 1. The van der Waals surface area contributed by atoms with E-state index in [0.29, 0.717) is 5.17 Å². The summed E-state index contributed by atoms with van der Waals surface area (Å²) in [6, 6.07) is 7.79. The van der Waals surface area contributed by atoms with Crippen LogP contribution in [-0.2, 0) is 0 Å². The highest BCUT2D eigenvalue weighted by molar-refractivity contribution is 8.14. The molecule has 0 spiro atoms. The topological polar surface area (TPSA) is 39.5 Å². The third kappa shape index (κ3) is 6.19. The highest BCUT2D eigenvalue weighted by Gasteiger charge is 2.18. The summed E-state index contributed by atoms with van der Waals surface area (Å²) in [4.78, 5) is 0. The Balaban J connectivity index is 1.81. The van der Waals surface area contributed by atoms with Gasteiger partial charge in [0.2, 0.25) is 0 Å². The lowest BCUT2D eigenvalue weighted by Gasteiger charge is -2.25. The van der Waals surface area contributed by atoms with Gasteiger partial charge in [0.1, 0.15) is 0 Å². The zero-order valence-electron chi connectivity index (χ0n) is 13.9. The molecule has 0 unspecified atom stereocenters. The molecule has 1 aromatic rings. The zero-order chi connectivity index (χ0) is 16.5. The lowest BCUT2D eigenvalue weighted by Crippen LogP contribution is -2.31. The smallest absolute Gasteiger partial charge is 0.177 e. The highest BCUT2D eigenvalue weighted by Crippen LogP contribution is 2.21. The Morgan fingerprint density at radius 1 is 1.09 bits per heavy atom. The number of unbranched alkanes of at least 4 members (excludes halogenated alkanes) is 6. The largest absolute Gasteiger partial charge is 0.277 e. The van der Waals surface area contributed by atoms with Gasteiger partial charge in [-0.15, -0.1) is 0 Å². The maximum Gasteiger partial charge on any atom is 0.177 e. The van der Waals surface area contributed by atoms with Crippen molar-refractivity contribution < 1.29 is 0 Å². The van der Waals surface area contributed by atoms with Crippen LogP contribution in [0.3, 0.4) is 0 Å². The second kappa shape index (κ2) is 9.99. The van der Waals surface area contributed by atoms with Gasteiger partial charge in [-0.25, -0.2) is 5.01 Å². The predicted octanol–water partition coefficient (Wildman–Crippen LogP) is 5.78. The lowest BCUT2D eigenvalue weighted by atomic mass is 10.1. The SMILES string of the molecule is CCCCCCCCCN1N=C(c2ccc(Cl)cc2)CSC1=N. The molecule has 1 N–H and O–H groups in total. The van der Waals surface area contributed by atoms with E-state index in [1.54, 1.807) is 11.8 Å². The molecule has 5 heteroatoms. The van der Waals surface area contributed by atoms with Crippen LogP contribution in [0, 0.1) is 5.41 Å². The van der Waals surface area contributed by atoms with Gasteiger partial charge >= 0.3 is 0 Å². The fourth-order valence-corrected chi connectivity index (χ4v) is 3.49. The standard InChI is InChI=1S/C18H26ClN3S/c1-2-3-4-5-6-7-8-13-22-18(20)23-14-17(21-22)15-9-11-16(19)12-10-15/h9-12,20H,2-8,13-14H2,1H3. The van der Waals surface area contributed by atoms with Crippen LogP contribution in [0.1, 0.15) is 57.4 Å². The maximum absolute atomic E-state index is 8.06. The number of nitrogens with one attached hydrogen (secondary N) is 1. The summed E-state index contributed by atoms with van der Waals surface area (Å²) in [7, 11) is 0. The molecule has 2 rings (SSSR count). The number of hydrazone groups is 1. The lowest BCUT2D eigenvalue weighted by molar-refractivity contribution is 0.423. The first kappa shape index (κ1) is 18.3. The Hall–Kier alpha value is -1.00. The summed E-state index contributed by atoms with van der Waals surface area (Å²) in [6.45, 7) is 3.09. The average Bonchev–Trinajstić information content (AvgIpc) is 2.56. The second-order valence-electron chi connectivity index (χ2n) is 5.89. The van der Waals surface area contributed by atoms with Gasteiger partial charge in [-0.2, -0.15) is 5.10 Å². The molecule has 0 saturated carbocycles. The Labute approximate surface area is 149 Å². The normalized spacial score (nSPS) is 15.0. The molecule has 1 aliphatic rings. The number of rotatable bonds is 9. The van der Waals surface area contributed by atoms with Gasteiger partial charge in [0, 0.05) is 17.3 Å². The summed E-state index contributed by atoms with van der Waals surface area (Å²) in [5, 5.41) is 15.9. The molecule has 1 heterocycles. The van der Waals surface area contributed by atoms with Crippen LogP contribution in [0.4, 0.5) is 0 Å². The average molecular weight is 352 g/mol. The first-order chi connectivity index (χ1) is 11.2. The highest BCUT2D eigenvalue weighted by atomic mass is 35.5. The van der Waals surface area contributed by atoms with E-state index >= 15 is 0 Å². The van der Waals surface area contributed by atoms with Gasteiger partial charge < -0.3 is 0 Å². The molecule has 3 nitrogen and oxygen atoms in total. The van der Waals surface area contributed by atoms with Crippen molar-refractivity contribution in [1.29, 1.82) is 5.41 Å². The molecular weight excluding hydrogens is 326 g/mol. The van der Waals surface area contributed by atoms with Crippen molar-refractivity contribution in [3.05, 3.63) is 34.9 Å². The van der Waals surface area contributed by atoms with Crippen molar-refractivity contribution in [3.63, 3.8) is 0 Å². The van der Waals surface area contributed by atoms with Crippen molar-refractivity contribution in [2.75, 3.05) is 12.3 Å². The van der Waals surface area contributed by atoms with Crippen molar-refractivity contribution in [1.82, 2.24) is 5.01 Å². The summed E-state index contributed by atoms with van der Waals surface area (Å²) in [5.74, 6) is 0.758. The Bertz CT molecular complexity index is 528. The van der Waals surface area contributed by atoms with Crippen LogP contribution >= 0.6 is 23.4 Å². The van der Waals surface area contributed by atoms with E-state index in [2.05, 4.69) is 12.0 Å². The molecule has 0 atom stereocenters. The quantitative estimate of drug-likeness (QED) is 0.573. The molecule has 0 saturated heterocycles. The molecule has 0 radical (unpaired) electrons. The minimum atomic E-state index is 0.564. The van der Waals surface area contributed by atoms with Gasteiger partial charge in [0.25, 0.3) is 0 Å². The molecular formula is C18H26ClN3S. The summed E-state index contributed by atoms with van der Waals surface area (Å²) in [5.41, 5.74) is 2.13. The van der Waals surface area contributed by atoms with Gasteiger partial charge in [-0.05, 0) is 24.1 Å². The van der Waals surface area contributed by atoms with Crippen molar-refractivity contribution in [2.45, 2.75) is 51.9 Å². The van der Waals surface area contributed by atoms with E-state index in [-0.39, 0.29) is 0 Å². The molecule has 126 valence electrons. The fraction of sp³-hybridized carbons (Fsp3) is 0.556. The first-order valence-corrected chi connectivity index (χ1v) is 9.89. The Morgan fingerprint density at radius 2 is 1.74 bits per heavy atom. The number of benzene rings is 1. The predicted molar refractivity (Wildman–Crippen MR) is 103 cm³/mol. The molecule has 0 amide bonds. The van der Waals surface area contributed by atoms with Gasteiger partial charge in [0.05, 0.1) is 5.71 Å². The Morgan fingerprint density at radius 3 is 2.43 bits per heavy atom. The molecule has 0 aromatic heterocycles. The molecule has 1 aliphatic heterocycles. The molecule has 0 fully saturated rings. The number of nitrogens with zero attached hydrogens (tertiary/aromatic N) is 2. The fourth-order valence-electron chi connectivity index (χ4n) is 2.58. The van der Waals surface area contributed by atoms with Crippen LogP contribution in [0.2, 0.25) is 5.02 Å². The molecule has 0 bridgehead atoms. The van der Waals surface area contributed by atoms with E-state index in [0.717, 1.165) is 35.0 Å². The number of hydrogen-bond acceptors (Lipinski definition) is 3. The summed E-state index contributed by atoms with van der Waals surface area (Å²) < 4.78 is 0. The van der Waals surface area contributed by atoms with Gasteiger partial charge in [-0.3, -0.25) is 5.41 Å². The first-order valence-electron chi connectivity index (χ1n) is 8.53. The molecule has 23 heavy (non-hydrogen) atoms. The van der Waals surface area contributed by atoms with Crippen molar-refractivity contribution in [2.24, 2.45) is 5.10 Å². The zero-order valence-corrected chi connectivity index (χ0v) is 15.4. The van der Waals surface area contributed by atoms with E-state index < -0.39 is 0 Å². The molecule has 0 aliphatic carbocycles. The maximum atomic E-state index is 8.06. The third-order valence-electron chi connectivity index (χ3n) is 3.97. The number of hydrogen-bond donors (Lipinski definition) is 1. The number of thioether (sulfide) groups is 1. The second-order valence-corrected chi connectivity index (χ2v) is 7.29. The van der Waals surface area contributed by atoms with Crippen LogP contribution in [0.25, 0.3) is 0 Å². The van der Waals surface area contributed by atoms with Crippen molar-refractivity contribution in [3.8, 4) is 0 Å². The minimum absolute atomic E-state index is 0.564. The van der Waals surface area contributed by atoms with Crippen LogP contribution in [0.15, 0.2) is 29.4 Å². The Kier molecular flexibility index (Phi) is 7.96. The monoisotopic (exact) mass is 351 g/mol. The van der Waals surface area contributed by atoms with E-state index in [1.165, 1.54) is 38.5 Å². The van der Waals surface area contributed by atoms with Gasteiger partial charge in [0.15, 0.2) is 5.17 Å². The van der Waals surface area contributed by atoms with E-state index in [9.17, 15) is 0 Å². The number of halogens is 1. The summed E-state index contributed by atoms with van der Waals surface area (Å²) >= 11 is 7.50. The molecule has 1 aromatic carbocycles. The van der Waals surface area contributed by atoms with Crippen LogP contribution in [-0.4, -0.2) is 28.2 Å². The van der Waals surface area contributed by atoms with Crippen LogP contribution < -0.4 is 0 Å². The third-order valence-corrected chi connectivity index (χ3v) is 5.13. The van der Waals surface area contributed by atoms with Crippen LogP contribution in [0.5, 0.6) is 0 Å².